The van der Waals surface area contributed by atoms with Crippen LogP contribution in [0.4, 0.5) is 0 Å². The Morgan fingerprint density at radius 3 is 2.23 bits per heavy atom. The van der Waals surface area contributed by atoms with E-state index in [0.29, 0.717) is 11.5 Å². The molecule has 3 aromatic rings. The molecule has 2 aromatic carbocycles. The number of methoxy groups -OCH3 is 2. The summed E-state index contributed by atoms with van der Waals surface area (Å²) in [6, 6.07) is 15.2. The maximum absolute atomic E-state index is 10.0. The van der Waals surface area contributed by atoms with E-state index in [1.165, 1.54) is 31.1 Å². The molecular weight excluding hydrogens is 558 g/mol. The maximum Gasteiger partial charge on any atom is 0.162 e. The Bertz CT molecular complexity index is 1060. The predicted molar refractivity (Wildman–Crippen MR) is 116 cm³/mol. The average molecular weight is 585 g/mol. The molecule has 5 nitrogen and oxygen atoms in total. The van der Waals surface area contributed by atoms with Gasteiger partial charge < -0.3 is 14.6 Å². The number of benzene rings is 2. The molecule has 0 unspecified atom stereocenters. The average Bonchev–Trinajstić information content (AvgIpc) is 2.68. The normalized spacial score (nSPS) is 10.5. The monoisotopic (exact) mass is 585 g/mol. The molecule has 0 amide bonds. The molecule has 0 spiro atoms. The van der Waals surface area contributed by atoms with Crippen LogP contribution in [0.1, 0.15) is 25.0 Å². The number of fused-ring (bicyclic) bond motifs is 1. The molecule has 0 fully saturated rings. The van der Waals surface area contributed by atoms with Gasteiger partial charge in [0.05, 0.1) is 25.5 Å². The van der Waals surface area contributed by atoms with Gasteiger partial charge in [0, 0.05) is 37.6 Å². The third-order valence-corrected chi connectivity index (χ3v) is 4.39. The Labute approximate surface area is 191 Å². The molecule has 0 aliphatic carbocycles. The molecule has 0 atom stereocenters. The van der Waals surface area contributed by atoms with Crippen molar-refractivity contribution in [2.45, 2.75) is 27.7 Å². The fourth-order valence-corrected chi connectivity index (χ4v) is 2.83. The van der Waals surface area contributed by atoms with Crippen molar-refractivity contribution in [3.05, 3.63) is 65.4 Å². The van der Waals surface area contributed by atoms with Gasteiger partial charge in [0.2, 0.25) is 0 Å². The zero-order chi connectivity index (χ0) is 21.6. The van der Waals surface area contributed by atoms with Crippen LogP contribution in [-0.2, 0) is 24.9 Å². The number of nitrogens with zero attached hydrogens (tertiary/aromatic N) is 1. The van der Waals surface area contributed by atoms with E-state index in [1.54, 1.807) is 14.2 Å². The Kier molecular flexibility index (Phi) is 9.70. The molecule has 1 radical (unpaired) electrons. The van der Waals surface area contributed by atoms with E-state index in [-0.39, 0.29) is 31.6 Å². The molecule has 0 aliphatic rings. The summed E-state index contributed by atoms with van der Waals surface area (Å²) in [5.74, 6) is 1.33. The number of carbonyl (C=O) groups is 1. The van der Waals surface area contributed by atoms with Gasteiger partial charge in [-0.05, 0) is 25.6 Å². The van der Waals surface area contributed by atoms with E-state index < -0.39 is 0 Å². The van der Waals surface area contributed by atoms with E-state index in [0.717, 1.165) is 22.2 Å². The van der Waals surface area contributed by atoms with Crippen LogP contribution >= 0.6 is 0 Å². The topological polar surface area (TPSA) is 68.7 Å². The number of pyridine rings is 1. The number of aromatic nitrogens is 1. The van der Waals surface area contributed by atoms with Gasteiger partial charge in [-0.2, -0.15) is 0 Å². The molecule has 0 saturated heterocycles. The van der Waals surface area contributed by atoms with Crippen LogP contribution in [0.3, 0.4) is 0 Å². The molecule has 6 heteroatoms. The van der Waals surface area contributed by atoms with Gasteiger partial charge in [-0.1, -0.05) is 26.0 Å². The number of ether oxygens (including phenoxy) is 2. The number of allylic oxidation sites excluding steroid dienone is 2. The molecule has 1 aromatic heterocycles. The smallest absolute Gasteiger partial charge is 0.162 e. The second kappa shape index (κ2) is 11.5. The largest absolute Gasteiger partial charge is 0.512 e. The molecule has 0 saturated carbocycles. The second-order valence-corrected chi connectivity index (χ2v) is 6.65. The summed E-state index contributed by atoms with van der Waals surface area (Å²) in [5.41, 5.74) is 5.28. The van der Waals surface area contributed by atoms with E-state index in [9.17, 15) is 4.79 Å². The van der Waals surface area contributed by atoms with Crippen molar-refractivity contribution in [1.29, 1.82) is 0 Å². The molecule has 1 N–H and O–H groups in total. The zero-order valence-electron chi connectivity index (χ0n) is 18.0. The van der Waals surface area contributed by atoms with Crippen LogP contribution in [0.5, 0.6) is 11.5 Å². The summed E-state index contributed by atoms with van der Waals surface area (Å²) in [4.78, 5) is 14.8. The summed E-state index contributed by atoms with van der Waals surface area (Å²) < 4.78 is 10.7. The number of carbonyl (C=O) groups excluding carboxylic acids is 1. The van der Waals surface area contributed by atoms with E-state index in [4.69, 9.17) is 19.6 Å². The van der Waals surface area contributed by atoms with Crippen LogP contribution < -0.4 is 9.47 Å². The molecular formula is C24H26IrNO4-. The van der Waals surface area contributed by atoms with Crippen LogP contribution in [0.2, 0.25) is 0 Å². The fourth-order valence-electron chi connectivity index (χ4n) is 2.83. The first-order chi connectivity index (χ1) is 13.8. The van der Waals surface area contributed by atoms with E-state index >= 15 is 0 Å². The van der Waals surface area contributed by atoms with Crippen molar-refractivity contribution in [3.8, 4) is 22.8 Å². The quantitative estimate of drug-likeness (QED) is 0.254. The Morgan fingerprint density at radius 2 is 1.70 bits per heavy atom. The third kappa shape index (κ3) is 6.41. The minimum Gasteiger partial charge on any atom is -0.512 e. The number of hydrogen-bond donors (Lipinski definition) is 1. The van der Waals surface area contributed by atoms with Gasteiger partial charge >= 0.3 is 0 Å². The number of aliphatic hydroxyl groups excluding tert-OH is 1. The fraction of sp³-hybridized carbons (Fsp3) is 0.250. The number of rotatable bonds is 4. The van der Waals surface area contributed by atoms with E-state index in [1.807, 2.05) is 24.3 Å². The molecule has 0 aliphatic heterocycles. The summed E-state index contributed by atoms with van der Waals surface area (Å²) in [6.07, 6.45) is 1.17. The van der Waals surface area contributed by atoms with Crippen molar-refractivity contribution < 1.29 is 39.5 Å². The zero-order valence-corrected chi connectivity index (χ0v) is 20.4. The summed E-state index contributed by atoms with van der Waals surface area (Å²) in [6.45, 7) is 7.05. The van der Waals surface area contributed by atoms with Gasteiger partial charge in [0.1, 0.15) is 0 Å². The first-order valence-electron chi connectivity index (χ1n) is 9.15. The van der Waals surface area contributed by atoms with Crippen LogP contribution in [0.25, 0.3) is 22.2 Å². The van der Waals surface area contributed by atoms with Crippen LogP contribution in [0.15, 0.2) is 48.2 Å². The van der Waals surface area contributed by atoms with Crippen LogP contribution in [0, 0.1) is 19.9 Å². The Morgan fingerprint density at radius 1 is 1.07 bits per heavy atom. The van der Waals surface area contributed by atoms with E-state index in [2.05, 4.69) is 32.0 Å². The number of ketones is 1. The minimum atomic E-state index is -0.125. The van der Waals surface area contributed by atoms with Gasteiger partial charge in [0.25, 0.3) is 0 Å². The Hall–Kier alpha value is -2.69. The van der Waals surface area contributed by atoms with Crippen molar-refractivity contribution in [2.75, 3.05) is 14.2 Å². The summed E-state index contributed by atoms with van der Waals surface area (Å²) in [5, 5.41) is 9.38. The molecule has 3 rings (SSSR count). The standard InChI is InChI=1S/C19H18NO2.C5H8O2.Ir/c1-12-6-5-7-15(13(12)2)16-9-8-14-10-18(21-3)19(22-4)11-17(14)20-16;1-4(6)3-5(2)7;/h5-6,8-11H,1-4H3;3,6H,1-2H3;/q-1;;/b;4-3-;. The number of aryl methyl sites for hydroxylation is 1. The third-order valence-electron chi connectivity index (χ3n) is 4.39. The van der Waals surface area contributed by atoms with Crippen molar-refractivity contribution in [1.82, 2.24) is 4.98 Å². The molecule has 1 heterocycles. The molecule has 30 heavy (non-hydrogen) atoms. The van der Waals surface area contributed by atoms with Crippen LogP contribution in [-0.4, -0.2) is 30.1 Å². The second-order valence-electron chi connectivity index (χ2n) is 6.65. The van der Waals surface area contributed by atoms with Crippen molar-refractivity contribution >= 4 is 16.7 Å². The molecule has 0 bridgehead atoms. The van der Waals surface area contributed by atoms with Crippen molar-refractivity contribution in [3.63, 3.8) is 0 Å². The van der Waals surface area contributed by atoms with Gasteiger partial charge in [0.15, 0.2) is 17.3 Å². The Balaban J connectivity index is 0.000000489. The van der Waals surface area contributed by atoms with Crippen molar-refractivity contribution in [2.24, 2.45) is 0 Å². The predicted octanol–water partition coefficient (Wildman–Crippen LogP) is 5.37. The maximum atomic E-state index is 10.0. The number of aliphatic hydroxyl groups is 1. The van der Waals surface area contributed by atoms with Gasteiger partial charge in [-0.25, -0.2) is 0 Å². The van der Waals surface area contributed by atoms with Gasteiger partial charge in [-0.15, -0.1) is 34.9 Å². The summed E-state index contributed by atoms with van der Waals surface area (Å²) in [7, 11) is 3.27. The first kappa shape index (κ1) is 25.3. The van der Waals surface area contributed by atoms with Gasteiger partial charge in [-0.3, -0.25) is 9.78 Å². The summed E-state index contributed by atoms with van der Waals surface area (Å²) >= 11 is 0. The first-order valence-corrected chi connectivity index (χ1v) is 9.15. The SMILES string of the molecule is CC(=O)/C=C(/C)O.COc1cc2ccc(-c3[c-]ccc(C)c3C)nc2cc1OC.[Ir]. The number of hydrogen-bond acceptors (Lipinski definition) is 5. The minimum absolute atomic E-state index is 0. The molecule has 161 valence electrons.